The molecule has 2 heterocycles. The van der Waals surface area contributed by atoms with Gasteiger partial charge in [0.15, 0.2) is 0 Å². The Bertz CT molecular complexity index is 915. The molecular weight excluding hydrogens is 329 g/mol. The summed E-state index contributed by atoms with van der Waals surface area (Å²) in [6.07, 6.45) is -3.77. The first-order valence-corrected chi connectivity index (χ1v) is 8.19. The summed E-state index contributed by atoms with van der Waals surface area (Å²) in [5.74, 6) is -0.182. The van der Waals surface area contributed by atoms with Crippen molar-refractivity contribution in [3.8, 4) is 16.9 Å². The molecule has 0 aliphatic carbocycles. The molecule has 1 aliphatic rings. The van der Waals surface area contributed by atoms with Crippen LogP contribution in [0, 0.1) is 0 Å². The molecule has 6 heteroatoms. The molecule has 0 amide bonds. The summed E-state index contributed by atoms with van der Waals surface area (Å²) in [4.78, 5) is 0. The van der Waals surface area contributed by atoms with E-state index in [1.54, 1.807) is 12.1 Å². The fourth-order valence-corrected chi connectivity index (χ4v) is 3.40. The fraction of sp³-hybridized carbons (Fsp3) is 0.263. The third-order valence-corrected chi connectivity index (χ3v) is 4.48. The number of ether oxygens (including phenoxy) is 1. The van der Waals surface area contributed by atoms with Crippen LogP contribution in [-0.4, -0.2) is 24.0 Å². The molecule has 0 saturated heterocycles. The largest absolute Gasteiger partial charge is 0.573 e. The summed E-state index contributed by atoms with van der Waals surface area (Å²) < 4.78 is 44.5. The molecule has 4 rings (SSSR count). The topological polar surface area (TPSA) is 26.2 Å². The highest BCUT2D eigenvalue weighted by Gasteiger charge is 2.32. The van der Waals surface area contributed by atoms with E-state index in [-0.39, 0.29) is 5.75 Å². The molecule has 1 aliphatic heterocycles. The maximum absolute atomic E-state index is 12.7. The molecule has 0 radical (unpaired) electrons. The van der Waals surface area contributed by atoms with Crippen LogP contribution in [0.15, 0.2) is 48.5 Å². The molecule has 3 aromatic rings. The van der Waals surface area contributed by atoms with Crippen LogP contribution < -0.4 is 10.1 Å². The van der Waals surface area contributed by atoms with Gasteiger partial charge < -0.3 is 14.6 Å². The highest BCUT2D eigenvalue weighted by Crippen LogP contribution is 2.35. The first-order valence-electron chi connectivity index (χ1n) is 8.19. The Labute approximate surface area is 143 Å². The van der Waals surface area contributed by atoms with Crippen LogP contribution in [-0.2, 0) is 13.0 Å². The molecule has 25 heavy (non-hydrogen) atoms. The zero-order valence-electron chi connectivity index (χ0n) is 13.4. The predicted octanol–water partition coefficient (Wildman–Crippen LogP) is 4.35. The first-order chi connectivity index (χ1) is 12.0. The fourth-order valence-electron chi connectivity index (χ4n) is 3.40. The number of aromatic nitrogens is 1. The van der Waals surface area contributed by atoms with E-state index in [1.807, 2.05) is 18.2 Å². The van der Waals surface area contributed by atoms with E-state index >= 15 is 0 Å². The summed E-state index contributed by atoms with van der Waals surface area (Å²) in [6, 6.07) is 14.2. The Morgan fingerprint density at radius 3 is 2.68 bits per heavy atom. The van der Waals surface area contributed by atoms with E-state index in [4.69, 9.17) is 0 Å². The zero-order chi connectivity index (χ0) is 17.4. The highest BCUT2D eigenvalue weighted by atomic mass is 19.4. The lowest BCUT2D eigenvalue weighted by Gasteiger charge is -2.14. The summed E-state index contributed by atoms with van der Waals surface area (Å²) in [6.45, 7) is 2.67. The summed E-state index contributed by atoms with van der Waals surface area (Å²) in [5, 5.41) is 4.47. The van der Waals surface area contributed by atoms with Crippen molar-refractivity contribution < 1.29 is 17.9 Å². The molecule has 2 aromatic carbocycles. The molecule has 1 N–H and O–H groups in total. The first kappa shape index (κ1) is 16.0. The van der Waals surface area contributed by atoms with Crippen molar-refractivity contribution in [1.82, 2.24) is 9.88 Å². The maximum Gasteiger partial charge on any atom is 0.573 e. The van der Waals surface area contributed by atoms with Crippen molar-refractivity contribution in [2.24, 2.45) is 0 Å². The number of fused-ring (bicyclic) bond motifs is 3. The molecule has 0 unspecified atom stereocenters. The molecule has 130 valence electrons. The van der Waals surface area contributed by atoms with Gasteiger partial charge in [-0.05, 0) is 29.1 Å². The number of hydrogen-bond acceptors (Lipinski definition) is 2. The quantitative estimate of drug-likeness (QED) is 0.746. The van der Waals surface area contributed by atoms with Gasteiger partial charge in [-0.25, -0.2) is 0 Å². The van der Waals surface area contributed by atoms with Crippen molar-refractivity contribution >= 4 is 10.9 Å². The van der Waals surface area contributed by atoms with Crippen molar-refractivity contribution in [3.05, 3.63) is 54.2 Å². The Balaban J connectivity index is 1.81. The van der Waals surface area contributed by atoms with Gasteiger partial charge in [0.05, 0.1) is 0 Å². The van der Waals surface area contributed by atoms with Gasteiger partial charge >= 0.3 is 6.36 Å². The maximum atomic E-state index is 12.7. The lowest BCUT2D eigenvalue weighted by atomic mass is 10.0. The average molecular weight is 346 g/mol. The monoisotopic (exact) mass is 346 g/mol. The predicted molar refractivity (Wildman–Crippen MR) is 90.6 cm³/mol. The molecule has 0 saturated carbocycles. The highest BCUT2D eigenvalue weighted by molar-refractivity contribution is 5.87. The third-order valence-electron chi connectivity index (χ3n) is 4.48. The van der Waals surface area contributed by atoms with Gasteiger partial charge in [0.1, 0.15) is 5.75 Å². The molecule has 0 fully saturated rings. The second-order valence-corrected chi connectivity index (χ2v) is 6.10. The molecule has 3 nitrogen and oxygen atoms in total. The van der Waals surface area contributed by atoms with Crippen LogP contribution in [0.1, 0.15) is 5.69 Å². The Kier molecular flexibility index (Phi) is 3.92. The van der Waals surface area contributed by atoms with Gasteiger partial charge in [0.2, 0.25) is 0 Å². The van der Waals surface area contributed by atoms with Crippen LogP contribution in [0.2, 0.25) is 0 Å². The second kappa shape index (κ2) is 6.11. The molecule has 0 atom stereocenters. The average Bonchev–Trinajstić information content (AvgIpc) is 2.74. The normalized spacial score (nSPS) is 15.0. The number of rotatable bonds is 2. The number of para-hydroxylation sites is 1. The molecule has 0 bridgehead atoms. The Morgan fingerprint density at radius 2 is 1.84 bits per heavy atom. The number of nitrogens with one attached hydrogen (secondary N) is 1. The Hall–Kier alpha value is -2.47. The number of nitrogens with zero attached hydrogens (tertiary/aromatic N) is 1. The lowest BCUT2D eigenvalue weighted by Crippen LogP contribution is -2.17. The summed E-state index contributed by atoms with van der Waals surface area (Å²) in [5.41, 5.74) is 3.43. The van der Waals surface area contributed by atoms with E-state index in [0.29, 0.717) is 11.1 Å². The summed E-state index contributed by atoms with van der Waals surface area (Å²) >= 11 is 0. The van der Waals surface area contributed by atoms with Crippen molar-refractivity contribution in [1.29, 1.82) is 0 Å². The second-order valence-electron chi connectivity index (χ2n) is 6.10. The van der Waals surface area contributed by atoms with Crippen LogP contribution in [0.25, 0.3) is 22.0 Å². The van der Waals surface area contributed by atoms with E-state index in [0.717, 1.165) is 37.0 Å². The zero-order valence-corrected chi connectivity index (χ0v) is 13.4. The van der Waals surface area contributed by atoms with Crippen molar-refractivity contribution in [2.75, 3.05) is 13.1 Å². The van der Waals surface area contributed by atoms with Gasteiger partial charge in [-0.2, -0.15) is 0 Å². The van der Waals surface area contributed by atoms with Crippen LogP contribution in [0.4, 0.5) is 13.2 Å². The third kappa shape index (κ3) is 3.22. The smallest absolute Gasteiger partial charge is 0.405 e. The van der Waals surface area contributed by atoms with Gasteiger partial charge in [-0.1, -0.05) is 30.3 Å². The standard InChI is InChI=1S/C19H17F3N2O/c20-19(21,22)25-18-4-2-1-3-16(18)13-5-6-14-11-15-7-8-23-9-10-24(15)17(14)12-13/h1-6,11-12,23H,7-10H2. The number of benzene rings is 2. The minimum absolute atomic E-state index is 0.182. The van der Waals surface area contributed by atoms with Crippen LogP contribution >= 0.6 is 0 Å². The lowest BCUT2D eigenvalue weighted by molar-refractivity contribution is -0.274. The van der Waals surface area contributed by atoms with Crippen LogP contribution in [0.3, 0.4) is 0 Å². The number of halogens is 3. The molecule has 1 aromatic heterocycles. The molecule has 0 spiro atoms. The number of alkyl halides is 3. The van der Waals surface area contributed by atoms with E-state index in [9.17, 15) is 13.2 Å². The Morgan fingerprint density at radius 1 is 1.00 bits per heavy atom. The summed E-state index contributed by atoms with van der Waals surface area (Å²) in [7, 11) is 0. The van der Waals surface area contributed by atoms with Crippen molar-refractivity contribution in [3.63, 3.8) is 0 Å². The van der Waals surface area contributed by atoms with E-state index in [1.165, 1.54) is 17.8 Å². The van der Waals surface area contributed by atoms with Gasteiger partial charge in [0.25, 0.3) is 0 Å². The SMILES string of the molecule is FC(F)(F)Oc1ccccc1-c1ccc2cc3n(c2c1)CCNCC3. The minimum Gasteiger partial charge on any atom is -0.405 e. The van der Waals surface area contributed by atoms with E-state index in [2.05, 4.69) is 20.7 Å². The van der Waals surface area contributed by atoms with Crippen molar-refractivity contribution in [2.45, 2.75) is 19.3 Å². The van der Waals surface area contributed by atoms with Gasteiger partial charge in [-0.15, -0.1) is 13.2 Å². The molecular formula is C19H17F3N2O. The van der Waals surface area contributed by atoms with E-state index < -0.39 is 6.36 Å². The van der Waals surface area contributed by atoms with Gasteiger partial charge in [-0.3, -0.25) is 0 Å². The number of hydrogen-bond donors (Lipinski definition) is 1. The van der Waals surface area contributed by atoms with Gasteiger partial charge in [0, 0.05) is 42.8 Å². The van der Waals surface area contributed by atoms with Crippen LogP contribution in [0.5, 0.6) is 5.75 Å². The minimum atomic E-state index is -4.71.